The van der Waals surface area contributed by atoms with Gasteiger partial charge in [0.05, 0.1) is 12.8 Å². The first-order chi connectivity index (χ1) is 10.2. The van der Waals surface area contributed by atoms with Crippen LogP contribution in [-0.4, -0.2) is 43.7 Å². The molecule has 3 rings (SSSR count). The lowest BCUT2D eigenvalue weighted by Gasteiger charge is -2.43. The van der Waals surface area contributed by atoms with Crippen LogP contribution in [0.2, 0.25) is 0 Å². The molecule has 2 atom stereocenters. The van der Waals surface area contributed by atoms with Crippen molar-refractivity contribution in [1.29, 1.82) is 0 Å². The highest BCUT2D eigenvalue weighted by molar-refractivity contribution is 5.54. The van der Waals surface area contributed by atoms with Gasteiger partial charge >= 0.3 is 0 Å². The zero-order valence-electron chi connectivity index (χ0n) is 13.1. The standard InChI is InChI=1S/C17H27N3O/c1-12(16-5-8-19-16)20-9-6-13(7-10-20)14-3-4-15(18)17(11-14)21-2/h3-4,11-13,16,19H,5-10,18H2,1-2H3. The summed E-state index contributed by atoms with van der Waals surface area (Å²) >= 11 is 0. The molecule has 2 aliphatic heterocycles. The van der Waals surface area contributed by atoms with Crippen molar-refractivity contribution in [3.63, 3.8) is 0 Å². The van der Waals surface area contributed by atoms with E-state index in [1.165, 1.54) is 44.5 Å². The van der Waals surface area contributed by atoms with Crippen LogP contribution in [0.5, 0.6) is 5.75 Å². The van der Waals surface area contributed by atoms with Crippen LogP contribution >= 0.6 is 0 Å². The Kier molecular flexibility index (Phi) is 4.36. The molecule has 116 valence electrons. The van der Waals surface area contributed by atoms with Gasteiger partial charge in [0.1, 0.15) is 5.75 Å². The minimum absolute atomic E-state index is 0.636. The lowest BCUT2D eigenvalue weighted by molar-refractivity contribution is 0.109. The van der Waals surface area contributed by atoms with Gasteiger partial charge in [-0.3, -0.25) is 4.90 Å². The minimum atomic E-state index is 0.636. The molecule has 0 bridgehead atoms. The molecular formula is C17H27N3O. The summed E-state index contributed by atoms with van der Waals surface area (Å²) < 4.78 is 5.35. The number of likely N-dealkylation sites (tertiary alicyclic amines) is 1. The Morgan fingerprint density at radius 3 is 2.57 bits per heavy atom. The summed E-state index contributed by atoms with van der Waals surface area (Å²) in [6, 6.07) is 7.63. The predicted molar refractivity (Wildman–Crippen MR) is 86.8 cm³/mol. The Hall–Kier alpha value is -1.26. The van der Waals surface area contributed by atoms with Crippen molar-refractivity contribution in [2.75, 3.05) is 32.5 Å². The van der Waals surface area contributed by atoms with Crippen molar-refractivity contribution in [2.24, 2.45) is 0 Å². The van der Waals surface area contributed by atoms with Crippen LogP contribution in [-0.2, 0) is 0 Å². The predicted octanol–water partition coefficient (Wildman–Crippen LogP) is 2.21. The smallest absolute Gasteiger partial charge is 0.142 e. The van der Waals surface area contributed by atoms with Crippen LogP contribution in [0.15, 0.2) is 18.2 Å². The Balaban J connectivity index is 1.60. The van der Waals surface area contributed by atoms with Crippen LogP contribution < -0.4 is 15.8 Å². The molecular weight excluding hydrogens is 262 g/mol. The van der Waals surface area contributed by atoms with Crippen LogP contribution in [0.3, 0.4) is 0 Å². The topological polar surface area (TPSA) is 50.5 Å². The van der Waals surface area contributed by atoms with Gasteiger partial charge in [-0.25, -0.2) is 0 Å². The van der Waals surface area contributed by atoms with E-state index in [1.54, 1.807) is 7.11 Å². The van der Waals surface area contributed by atoms with E-state index in [0.29, 0.717) is 18.0 Å². The summed E-state index contributed by atoms with van der Waals surface area (Å²) in [4.78, 5) is 2.64. The van der Waals surface area contributed by atoms with Crippen LogP contribution in [0.4, 0.5) is 5.69 Å². The largest absolute Gasteiger partial charge is 0.495 e. The Morgan fingerprint density at radius 2 is 2.00 bits per heavy atom. The van der Waals surface area contributed by atoms with Gasteiger partial charge in [-0.15, -0.1) is 0 Å². The van der Waals surface area contributed by atoms with E-state index in [-0.39, 0.29) is 0 Å². The summed E-state index contributed by atoms with van der Waals surface area (Å²) in [6.45, 7) is 5.94. The summed E-state index contributed by atoms with van der Waals surface area (Å²) in [5, 5.41) is 3.53. The zero-order chi connectivity index (χ0) is 14.8. The maximum absolute atomic E-state index is 5.91. The summed E-state index contributed by atoms with van der Waals surface area (Å²) in [5.74, 6) is 1.44. The van der Waals surface area contributed by atoms with Crippen LogP contribution in [0.25, 0.3) is 0 Å². The molecule has 0 spiro atoms. The molecule has 21 heavy (non-hydrogen) atoms. The Morgan fingerprint density at radius 1 is 1.29 bits per heavy atom. The van der Waals surface area contributed by atoms with Crippen molar-refractivity contribution in [2.45, 2.75) is 44.2 Å². The zero-order valence-corrected chi connectivity index (χ0v) is 13.1. The third-order valence-corrected chi connectivity index (χ3v) is 5.28. The van der Waals surface area contributed by atoms with Crippen molar-refractivity contribution in [1.82, 2.24) is 10.2 Å². The first-order valence-electron chi connectivity index (χ1n) is 8.10. The second-order valence-electron chi connectivity index (χ2n) is 6.40. The molecule has 4 heteroatoms. The van der Waals surface area contributed by atoms with E-state index in [4.69, 9.17) is 10.5 Å². The minimum Gasteiger partial charge on any atom is -0.495 e. The van der Waals surface area contributed by atoms with Gasteiger partial charge in [-0.2, -0.15) is 0 Å². The number of nitrogens with one attached hydrogen (secondary N) is 1. The number of hydrogen-bond donors (Lipinski definition) is 2. The van der Waals surface area contributed by atoms with Crippen molar-refractivity contribution in [3.05, 3.63) is 23.8 Å². The average Bonchev–Trinajstić information content (AvgIpc) is 2.46. The highest BCUT2D eigenvalue weighted by Crippen LogP contribution is 2.33. The fraction of sp³-hybridized carbons (Fsp3) is 0.647. The number of benzene rings is 1. The normalized spacial score (nSPS) is 25.3. The van der Waals surface area contributed by atoms with Crippen molar-refractivity contribution < 1.29 is 4.74 Å². The molecule has 1 aromatic carbocycles. The number of nitrogen functional groups attached to an aromatic ring is 1. The number of piperidine rings is 1. The third-order valence-electron chi connectivity index (χ3n) is 5.28. The van der Waals surface area contributed by atoms with Crippen molar-refractivity contribution >= 4 is 5.69 Å². The van der Waals surface area contributed by atoms with E-state index in [0.717, 1.165) is 11.4 Å². The Bertz CT molecular complexity index is 479. The summed E-state index contributed by atoms with van der Waals surface area (Å²) in [6.07, 6.45) is 3.78. The number of rotatable bonds is 4. The van der Waals surface area contributed by atoms with E-state index < -0.39 is 0 Å². The maximum atomic E-state index is 5.91. The highest BCUT2D eigenvalue weighted by atomic mass is 16.5. The number of nitrogens with zero attached hydrogens (tertiary/aromatic N) is 1. The van der Waals surface area contributed by atoms with Gasteiger partial charge in [0.15, 0.2) is 0 Å². The molecule has 0 saturated carbocycles. The second-order valence-corrected chi connectivity index (χ2v) is 6.40. The van der Waals surface area contributed by atoms with Crippen LogP contribution in [0, 0.1) is 0 Å². The van der Waals surface area contributed by atoms with Gasteiger partial charge in [0.2, 0.25) is 0 Å². The average molecular weight is 289 g/mol. The van der Waals surface area contributed by atoms with Gasteiger partial charge < -0.3 is 15.8 Å². The summed E-state index contributed by atoms with van der Waals surface area (Å²) in [7, 11) is 1.69. The number of methoxy groups -OCH3 is 1. The molecule has 2 aliphatic rings. The number of nitrogens with two attached hydrogens (primary N) is 1. The SMILES string of the molecule is COc1cc(C2CCN(C(C)C3CCN3)CC2)ccc1N. The fourth-order valence-corrected chi connectivity index (χ4v) is 3.60. The monoisotopic (exact) mass is 289 g/mol. The van der Waals surface area contributed by atoms with E-state index in [2.05, 4.69) is 29.3 Å². The first kappa shape index (κ1) is 14.7. The second kappa shape index (κ2) is 6.24. The molecule has 1 aromatic rings. The summed E-state index contributed by atoms with van der Waals surface area (Å²) in [5.41, 5.74) is 8.00. The highest BCUT2D eigenvalue weighted by Gasteiger charge is 2.30. The quantitative estimate of drug-likeness (QED) is 0.835. The number of ether oxygens (including phenoxy) is 1. The molecule has 2 fully saturated rings. The first-order valence-corrected chi connectivity index (χ1v) is 8.10. The van der Waals surface area contributed by atoms with E-state index in [9.17, 15) is 0 Å². The molecule has 4 nitrogen and oxygen atoms in total. The number of hydrogen-bond acceptors (Lipinski definition) is 4. The van der Waals surface area contributed by atoms with Crippen molar-refractivity contribution in [3.8, 4) is 5.75 Å². The van der Waals surface area contributed by atoms with Gasteiger partial charge in [-0.05, 0) is 69.4 Å². The lowest BCUT2D eigenvalue weighted by atomic mass is 9.87. The Labute approximate surface area is 127 Å². The van der Waals surface area contributed by atoms with Gasteiger partial charge in [-0.1, -0.05) is 6.07 Å². The molecule has 0 amide bonds. The molecule has 0 aromatic heterocycles. The third kappa shape index (κ3) is 3.01. The van der Waals surface area contributed by atoms with E-state index in [1.807, 2.05) is 6.07 Å². The lowest BCUT2D eigenvalue weighted by Crippen LogP contribution is -2.57. The molecule has 2 saturated heterocycles. The maximum Gasteiger partial charge on any atom is 0.142 e. The molecule has 0 aliphatic carbocycles. The van der Waals surface area contributed by atoms with Gasteiger partial charge in [0, 0.05) is 12.1 Å². The molecule has 2 unspecified atom stereocenters. The fourth-order valence-electron chi connectivity index (χ4n) is 3.60. The molecule has 2 heterocycles. The van der Waals surface area contributed by atoms with E-state index >= 15 is 0 Å². The van der Waals surface area contributed by atoms with Gasteiger partial charge in [0.25, 0.3) is 0 Å². The van der Waals surface area contributed by atoms with Crippen LogP contribution in [0.1, 0.15) is 37.7 Å². The molecule has 0 radical (unpaired) electrons. The molecule has 3 N–H and O–H groups in total. The number of anilines is 1.